The van der Waals surface area contributed by atoms with Crippen LogP contribution < -0.4 is 15.2 Å². The maximum atomic E-state index is 13.0. The van der Waals surface area contributed by atoms with E-state index < -0.39 is 30.2 Å². The first kappa shape index (κ1) is 25.4. The number of benzene rings is 2. The number of rotatable bonds is 8. The van der Waals surface area contributed by atoms with Crippen LogP contribution in [0.1, 0.15) is 35.6 Å². The Labute approximate surface area is 204 Å². The van der Waals surface area contributed by atoms with Gasteiger partial charge in [-0.2, -0.15) is 22.0 Å². The third-order valence-corrected chi connectivity index (χ3v) is 6.40. The molecule has 0 bridgehead atoms. The molecule has 2 aromatic carbocycles. The zero-order valence-corrected chi connectivity index (χ0v) is 19.5. The molecule has 2 heterocycles. The van der Waals surface area contributed by atoms with Gasteiger partial charge in [-0.15, -0.1) is 11.3 Å². The second-order valence-corrected chi connectivity index (χ2v) is 8.57. The third kappa shape index (κ3) is 5.56. The van der Waals surface area contributed by atoms with Gasteiger partial charge in [-0.05, 0) is 37.6 Å². The molecule has 1 N–H and O–H groups in total. The summed E-state index contributed by atoms with van der Waals surface area (Å²) in [4.78, 5) is 18.7. The molecule has 0 amide bonds. The average Bonchev–Trinajstić information content (AvgIpc) is 3.42. The molecule has 36 heavy (non-hydrogen) atoms. The lowest BCUT2D eigenvalue weighted by Gasteiger charge is -2.18. The van der Waals surface area contributed by atoms with E-state index in [-0.39, 0.29) is 22.9 Å². The van der Waals surface area contributed by atoms with E-state index in [9.17, 15) is 26.7 Å². The molecule has 4 aromatic rings. The topological polar surface area (TPSA) is 90.2 Å². The van der Waals surface area contributed by atoms with Crippen molar-refractivity contribution < 1.29 is 35.9 Å². The maximum Gasteiger partial charge on any atom is 0.439 e. The number of halogens is 5. The Morgan fingerprint density at radius 1 is 1.11 bits per heavy atom. The number of ether oxygens (including phenoxy) is 2. The lowest BCUT2D eigenvalue weighted by Crippen LogP contribution is -2.08. The predicted molar refractivity (Wildman–Crippen MR) is 120 cm³/mol. The molecule has 0 fully saturated rings. The monoisotopic (exact) mass is 527 g/mol. The highest BCUT2D eigenvalue weighted by molar-refractivity contribution is 7.15. The summed E-state index contributed by atoms with van der Waals surface area (Å²) in [5.41, 5.74) is 0.466. The van der Waals surface area contributed by atoms with Crippen LogP contribution in [0.3, 0.4) is 0 Å². The predicted octanol–water partition coefficient (Wildman–Crippen LogP) is 6.61. The maximum absolute atomic E-state index is 13.0. The molecule has 0 saturated carbocycles. The van der Waals surface area contributed by atoms with E-state index in [1.165, 1.54) is 41.7 Å². The highest BCUT2D eigenvalue weighted by Crippen LogP contribution is 2.39. The number of aromatic amines is 1. The first-order chi connectivity index (χ1) is 17.0. The van der Waals surface area contributed by atoms with Gasteiger partial charge in [0.1, 0.15) is 22.6 Å². The minimum absolute atomic E-state index is 0.0695. The Morgan fingerprint density at radius 3 is 2.42 bits per heavy atom. The summed E-state index contributed by atoms with van der Waals surface area (Å²) in [6.07, 6.45) is -4.48. The Kier molecular flexibility index (Phi) is 7.11. The normalized spacial score (nSPS) is 12.7. The molecule has 1 unspecified atom stereocenters. The van der Waals surface area contributed by atoms with Gasteiger partial charge >= 0.3 is 18.5 Å². The summed E-state index contributed by atoms with van der Waals surface area (Å²) in [6.45, 7) is 0.461. The van der Waals surface area contributed by atoms with Crippen LogP contribution in [-0.4, -0.2) is 21.7 Å². The van der Waals surface area contributed by atoms with E-state index in [0.29, 0.717) is 22.7 Å². The second-order valence-electron chi connectivity index (χ2n) is 7.54. The molecule has 1 atom stereocenters. The van der Waals surface area contributed by atoms with Gasteiger partial charge in [0, 0.05) is 11.6 Å². The van der Waals surface area contributed by atoms with Crippen LogP contribution in [0.4, 0.5) is 22.0 Å². The van der Waals surface area contributed by atoms with Crippen molar-refractivity contribution in [1.82, 2.24) is 15.1 Å². The van der Waals surface area contributed by atoms with Crippen LogP contribution in [0.15, 0.2) is 51.8 Å². The van der Waals surface area contributed by atoms with Gasteiger partial charge in [-0.3, -0.25) is 9.51 Å². The fraction of sp³-hybridized carbons (Fsp3) is 0.261. The van der Waals surface area contributed by atoms with Gasteiger partial charge in [-0.25, -0.2) is 9.78 Å². The van der Waals surface area contributed by atoms with E-state index in [2.05, 4.69) is 24.4 Å². The fourth-order valence-corrected chi connectivity index (χ4v) is 4.61. The van der Waals surface area contributed by atoms with Crippen molar-refractivity contribution in [2.24, 2.45) is 0 Å². The van der Waals surface area contributed by atoms with Gasteiger partial charge in [0.15, 0.2) is 5.82 Å². The summed E-state index contributed by atoms with van der Waals surface area (Å²) in [7, 11) is 0. The van der Waals surface area contributed by atoms with Crippen molar-refractivity contribution in [3.05, 3.63) is 69.1 Å². The molecule has 0 saturated heterocycles. The highest BCUT2D eigenvalue weighted by atomic mass is 32.1. The number of thiazole rings is 1. The minimum Gasteiger partial charge on any atom is -0.485 e. The molecule has 4 rings (SSSR count). The quantitative estimate of drug-likeness (QED) is 0.259. The van der Waals surface area contributed by atoms with Gasteiger partial charge in [-0.1, -0.05) is 24.2 Å². The molecule has 13 heteroatoms. The molecule has 2 aromatic heterocycles. The van der Waals surface area contributed by atoms with Crippen molar-refractivity contribution in [3.63, 3.8) is 0 Å². The Bertz CT molecular complexity index is 1400. The molecule has 7 nitrogen and oxygen atoms in total. The number of hydrogen-bond donors (Lipinski definition) is 1. The molecule has 0 aliphatic carbocycles. The van der Waals surface area contributed by atoms with Crippen molar-refractivity contribution in [3.8, 4) is 33.5 Å². The lowest BCUT2D eigenvalue weighted by atomic mass is 10.1. The van der Waals surface area contributed by atoms with Crippen molar-refractivity contribution in [2.45, 2.75) is 39.2 Å². The van der Waals surface area contributed by atoms with E-state index >= 15 is 0 Å². The van der Waals surface area contributed by atoms with Gasteiger partial charge in [0.2, 0.25) is 0 Å². The summed E-state index contributed by atoms with van der Waals surface area (Å²) in [5, 5.41) is 4.01. The lowest BCUT2D eigenvalue weighted by molar-refractivity contribution is -0.137. The molecule has 0 spiro atoms. The Hall–Kier alpha value is -3.74. The van der Waals surface area contributed by atoms with Crippen LogP contribution in [0, 0.1) is 6.92 Å². The van der Waals surface area contributed by atoms with Gasteiger partial charge < -0.3 is 9.47 Å². The fourth-order valence-electron chi connectivity index (χ4n) is 3.43. The molecular formula is C23H18F5N3O4S. The van der Waals surface area contributed by atoms with E-state index in [0.717, 1.165) is 17.0 Å². The zero-order chi connectivity index (χ0) is 26.0. The minimum atomic E-state index is -4.44. The summed E-state index contributed by atoms with van der Waals surface area (Å²) in [5.74, 6) is -1.03. The highest BCUT2D eigenvalue weighted by Gasteiger charge is 2.30. The van der Waals surface area contributed by atoms with E-state index in [1.807, 2.05) is 6.92 Å². The molecule has 0 aliphatic rings. The first-order valence-corrected chi connectivity index (χ1v) is 11.3. The third-order valence-electron chi connectivity index (χ3n) is 5.10. The van der Waals surface area contributed by atoms with Crippen LogP contribution in [0.25, 0.3) is 22.0 Å². The SMILES string of the molecule is CCC(Oc1ccc(-c2noc(=O)[nH]2)c(OC(F)F)c1)c1sc(-c2ccc(C(F)(F)F)cc2)nc1C. The Balaban J connectivity index is 1.61. The number of nitrogens with zero attached hydrogens (tertiary/aromatic N) is 2. The summed E-state index contributed by atoms with van der Waals surface area (Å²) >= 11 is 1.26. The van der Waals surface area contributed by atoms with Gasteiger partial charge in [0.05, 0.1) is 21.7 Å². The van der Waals surface area contributed by atoms with Crippen molar-refractivity contribution in [2.75, 3.05) is 0 Å². The molecule has 0 radical (unpaired) electrons. The number of nitrogens with one attached hydrogen (secondary N) is 1. The van der Waals surface area contributed by atoms with Crippen molar-refractivity contribution >= 4 is 11.3 Å². The molecule has 190 valence electrons. The molecular weight excluding hydrogens is 509 g/mol. The van der Waals surface area contributed by atoms with E-state index in [4.69, 9.17) is 4.74 Å². The number of aryl methyl sites for hydroxylation is 1. The first-order valence-electron chi connectivity index (χ1n) is 10.5. The smallest absolute Gasteiger partial charge is 0.439 e. The Morgan fingerprint density at radius 2 is 1.83 bits per heavy atom. The number of H-pyrrole nitrogens is 1. The summed E-state index contributed by atoms with van der Waals surface area (Å²) < 4.78 is 79.7. The zero-order valence-electron chi connectivity index (χ0n) is 18.7. The summed E-state index contributed by atoms with van der Waals surface area (Å²) in [6, 6.07) is 8.82. The van der Waals surface area contributed by atoms with Gasteiger partial charge in [0.25, 0.3) is 0 Å². The average molecular weight is 527 g/mol. The van der Waals surface area contributed by atoms with Crippen LogP contribution >= 0.6 is 11.3 Å². The number of aromatic nitrogens is 3. The van der Waals surface area contributed by atoms with Crippen molar-refractivity contribution in [1.29, 1.82) is 0 Å². The van der Waals surface area contributed by atoms with Crippen LogP contribution in [0.2, 0.25) is 0 Å². The standard InChI is InChI=1S/C23H18F5N3O4S/c1-3-16(18-11(2)29-20(36-18)12-4-6-13(7-5-12)23(26,27)28)33-14-8-9-15(17(10-14)34-21(24)25)19-30-22(32)35-31-19/h4-10,16,21H,3H2,1-2H3,(H,30,31,32). The number of alkyl halides is 5. The second kappa shape index (κ2) is 10.1. The van der Waals surface area contributed by atoms with E-state index in [1.54, 1.807) is 6.92 Å². The van der Waals surface area contributed by atoms with Crippen LogP contribution in [0.5, 0.6) is 11.5 Å². The largest absolute Gasteiger partial charge is 0.485 e. The van der Waals surface area contributed by atoms with Crippen LogP contribution in [-0.2, 0) is 6.18 Å². The molecule has 0 aliphatic heterocycles. The number of hydrogen-bond acceptors (Lipinski definition) is 7.